The molecule has 0 aromatic heterocycles. The minimum Gasteiger partial charge on any atom is -0.496 e. The number of rotatable bonds is 5. The summed E-state index contributed by atoms with van der Waals surface area (Å²) in [4.78, 5) is 14.8. The minimum atomic E-state index is -0.0778. The second kappa shape index (κ2) is 8.23. The normalized spacial score (nSPS) is 15.4. The average Bonchev–Trinajstić information content (AvgIpc) is 2.68. The number of methoxy groups -OCH3 is 1. The summed E-state index contributed by atoms with van der Waals surface area (Å²) in [5, 5.41) is 3.06. The molecule has 1 heterocycles. The highest BCUT2D eigenvalue weighted by molar-refractivity contribution is 5.94. The molecule has 138 valence electrons. The van der Waals surface area contributed by atoms with E-state index in [4.69, 9.17) is 9.47 Å². The predicted octanol–water partition coefficient (Wildman–Crippen LogP) is 3.33. The fraction of sp³-hybridized carbons (Fsp3) is 0.381. The number of hydrogen-bond donors (Lipinski definition) is 1. The van der Waals surface area contributed by atoms with E-state index in [1.54, 1.807) is 7.11 Å². The molecule has 0 bridgehead atoms. The highest BCUT2D eigenvalue weighted by atomic mass is 16.5. The zero-order valence-electron chi connectivity index (χ0n) is 15.6. The molecule has 5 heteroatoms. The van der Waals surface area contributed by atoms with Gasteiger partial charge in [0.15, 0.2) is 0 Å². The first-order chi connectivity index (χ1) is 12.6. The second-order valence-corrected chi connectivity index (χ2v) is 6.57. The summed E-state index contributed by atoms with van der Waals surface area (Å²) < 4.78 is 10.7. The highest BCUT2D eigenvalue weighted by Crippen LogP contribution is 2.23. The van der Waals surface area contributed by atoms with Gasteiger partial charge >= 0.3 is 0 Å². The lowest BCUT2D eigenvalue weighted by Crippen LogP contribution is -2.36. The number of nitrogens with zero attached hydrogens (tertiary/aromatic N) is 1. The summed E-state index contributed by atoms with van der Waals surface area (Å²) in [5.74, 6) is 0.783. The Kier molecular flexibility index (Phi) is 5.78. The van der Waals surface area contributed by atoms with Crippen molar-refractivity contribution < 1.29 is 14.3 Å². The number of aryl methyl sites for hydroxylation is 1. The fourth-order valence-electron chi connectivity index (χ4n) is 3.18. The summed E-state index contributed by atoms with van der Waals surface area (Å²) in [6.07, 6.45) is 0. The van der Waals surface area contributed by atoms with Gasteiger partial charge in [0.1, 0.15) is 5.75 Å². The van der Waals surface area contributed by atoms with Crippen LogP contribution in [-0.2, 0) is 4.74 Å². The number of anilines is 1. The topological polar surface area (TPSA) is 50.8 Å². The third kappa shape index (κ3) is 4.17. The Morgan fingerprint density at radius 3 is 2.46 bits per heavy atom. The lowest BCUT2D eigenvalue weighted by molar-refractivity contribution is 0.0940. The van der Waals surface area contributed by atoms with Gasteiger partial charge in [0.2, 0.25) is 0 Å². The molecule has 1 N–H and O–H groups in total. The molecule has 1 amide bonds. The van der Waals surface area contributed by atoms with Crippen LogP contribution in [-0.4, -0.2) is 39.3 Å². The van der Waals surface area contributed by atoms with Gasteiger partial charge in [-0.2, -0.15) is 0 Å². The lowest BCUT2D eigenvalue weighted by atomic mass is 10.0. The van der Waals surface area contributed by atoms with Gasteiger partial charge in [-0.05, 0) is 55.3 Å². The molecule has 1 aliphatic heterocycles. The molecule has 0 unspecified atom stereocenters. The number of ether oxygens (including phenoxy) is 2. The van der Waals surface area contributed by atoms with E-state index in [0.717, 1.165) is 48.9 Å². The Balaban J connectivity index is 1.64. The first-order valence-electron chi connectivity index (χ1n) is 8.96. The molecule has 1 atom stereocenters. The minimum absolute atomic E-state index is 0.0699. The largest absolute Gasteiger partial charge is 0.496 e. The van der Waals surface area contributed by atoms with Crippen LogP contribution in [0, 0.1) is 6.92 Å². The van der Waals surface area contributed by atoms with Gasteiger partial charge in [-0.15, -0.1) is 0 Å². The van der Waals surface area contributed by atoms with E-state index in [0.29, 0.717) is 5.56 Å². The zero-order chi connectivity index (χ0) is 18.5. The van der Waals surface area contributed by atoms with Crippen molar-refractivity contribution in [1.29, 1.82) is 0 Å². The predicted molar refractivity (Wildman–Crippen MR) is 103 cm³/mol. The third-order valence-electron chi connectivity index (χ3n) is 4.77. The molecule has 2 aromatic rings. The van der Waals surface area contributed by atoms with Gasteiger partial charge < -0.3 is 19.7 Å². The molecule has 0 saturated carbocycles. The van der Waals surface area contributed by atoms with Crippen LogP contribution in [0.1, 0.15) is 34.5 Å². The van der Waals surface area contributed by atoms with Crippen molar-refractivity contribution in [3.8, 4) is 5.75 Å². The molecule has 26 heavy (non-hydrogen) atoms. The van der Waals surface area contributed by atoms with E-state index in [9.17, 15) is 4.79 Å². The van der Waals surface area contributed by atoms with Crippen LogP contribution in [0.2, 0.25) is 0 Å². The zero-order valence-corrected chi connectivity index (χ0v) is 15.6. The Bertz CT molecular complexity index is 752. The van der Waals surface area contributed by atoms with Crippen LogP contribution in [0.15, 0.2) is 42.5 Å². The summed E-state index contributed by atoms with van der Waals surface area (Å²) in [5.41, 5.74) is 3.91. The van der Waals surface area contributed by atoms with E-state index >= 15 is 0 Å². The first-order valence-corrected chi connectivity index (χ1v) is 8.96. The number of amides is 1. The average molecular weight is 354 g/mol. The first kappa shape index (κ1) is 18.3. The molecular weight excluding hydrogens is 328 g/mol. The van der Waals surface area contributed by atoms with Gasteiger partial charge in [-0.25, -0.2) is 0 Å². The van der Waals surface area contributed by atoms with Crippen molar-refractivity contribution in [2.75, 3.05) is 38.3 Å². The molecule has 1 fully saturated rings. The monoisotopic (exact) mass is 354 g/mol. The molecule has 5 nitrogen and oxygen atoms in total. The number of carbonyl (C=O) groups is 1. The van der Waals surface area contributed by atoms with E-state index in [-0.39, 0.29) is 11.9 Å². The summed E-state index contributed by atoms with van der Waals surface area (Å²) >= 11 is 0. The maximum Gasteiger partial charge on any atom is 0.251 e. The van der Waals surface area contributed by atoms with Crippen molar-refractivity contribution >= 4 is 11.6 Å². The van der Waals surface area contributed by atoms with Crippen molar-refractivity contribution in [3.05, 3.63) is 59.2 Å². The smallest absolute Gasteiger partial charge is 0.251 e. The van der Waals surface area contributed by atoms with E-state index in [1.807, 2.05) is 56.3 Å². The van der Waals surface area contributed by atoms with Crippen LogP contribution < -0.4 is 15.0 Å². The molecule has 1 saturated heterocycles. The molecule has 2 aromatic carbocycles. The van der Waals surface area contributed by atoms with Crippen molar-refractivity contribution in [2.45, 2.75) is 19.9 Å². The fourth-order valence-corrected chi connectivity index (χ4v) is 3.18. The van der Waals surface area contributed by atoms with Crippen molar-refractivity contribution in [2.24, 2.45) is 0 Å². The Labute approximate surface area is 154 Å². The standard InChI is InChI=1S/C21H26N2O3/c1-15-14-18(6-9-20(15)25-3)16(2)22-21(24)17-4-7-19(8-5-17)23-10-12-26-13-11-23/h4-9,14,16H,10-13H2,1-3H3,(H,22,24)/t16-/m1/s1. The van der Waals surface area contributed by atoms with Crippen LogP contribution in [0.4, 0.5) is 5.69 Å². The summed E-state index contributed by atoms with van der Waals surface area (Å²) in [6, 6.07) is 13.7. The third-order valence-corrected chi connectivity index (χ3v) is 4.77. The quantitative estimate of drug-likeness (QED) is 0.895. The van der Waals surface area contributed by atoms with Gasteiger partial charge in [0.05, 0.1) is 26.4 Å². The second-order valence-electron chi connectivity index (χ2n) is 6.57. The van der Waals surface area contributed by atoms with Gasteiger partial charge in [-0.3, -0.25) is 4.79 Å². The number of nitrogens with one attached hydrogen (secondary N) is 1. The van der Waals surface area contributed by atoms with E-state index in [1.165, 1.54) is 0 Å². The van der Waals surface area contributed by atoms with Gasteiger partial charge in [0, 0.05) is 24.3 Å². The number of hydrogen-bond acceptors (Lipinski definition) is 4. The van der Waals surface area contributed by atoms with Crippen LogP contribution in [0.3, 0.4) is 0 Å². The molecular formula is C21H26N2O3. The molecule has 3 rings (SSSR count). The Morgan fingerprint density at radius 2 is 1.85 bits per heavy atom. The highest BCUT2D eigenvalue weighted by Gasteiger charge is 2.14. The van der Waals surface area contributed by atoms with Crippen molar-refractivity contribution in [3.63, 3.8) is 0 Å². The Morgan fingerprint density at radius 1 is 1.15 bits per heavy atom. The SMILES string of the molecule is COc1ccc([C@@H](C)NC(=O)c2ccc(N3CCOCC3)cc2)cc1C. The van der Waals surface area contributed by atoms with Crippen molar-refractivity contribution in [1.82, 2.24) is 5.32 Å². The van der Waals surface area contributed by atoms with Crippen LogP contribution >= 0.6 is 0 Å². The van der Waals surface area contributed by atoms with Gasteiger partial charge in [0.25, 0.3) is 5.91 Å². The summed E-state index contributed by atoms with van der Waals surface area (Å²) in [6.45, 7) is 7.27. The van der Waals surface area contributed by atoms with Gasteiger partial charge in [-0.1, -0.05) is 12.1 Å². The number of benzene rings is 2. The number of carbonyl (C=O) groups excluding carboxylic acids is 1. The Hall–Kier alpha value is -2.53. The van der Waals surface area contributed by atoms with E-state index < -0.39 is 0 Å². The number of morpholine rings is 1. The molecule has 0 aliphatic carbocycles. The van der Waals surface area contributed by atoms with Crippen LogP contribution in [0.25, 0.3) is 0 Å². The summed E-state index contributed by atoms with van der Waals surface area (Å²) in [7, 11) is 1.66. The molecule has 0 spiro atoms. The van der Waals surface area contributed by atoms with E-state index in [2.05, 4.69) is 10.2 Å². The maximum atomic E-state index is 12.6. The van der Waals surface area contributed by atoms with Crippen LogP contribution in [0.5, 0.6) is 5.75 Å². The maximum absolute atomic E-state index is 12.6. The molecule has 0 radical (unpaired) electrons. The lowest BCUT2D eigenvalue weighted by Gasteiger charge is -2.28. The molecule has 1 aliphatic rings.